The molecule has 100 valence electrons. The van der Waals surface area contributed by atoms with E-state index in [9.17, 15) is 4.79 Å². The molecule has 0 bridgehead atoms. The lowest BCUT2D eigenvalue weighted by Crippen LogP contribution is -2.38. The van der Waals surface area contributed by atoms with Gasteiger partial charge in [-0.25, -0.2) is 0 Å². The standard InChI is InChI=1S/C12H15N5O2/c18-12(11-13-15-16-14-11)17(9-4-1-2-5-9)8-10-6-3-7-19-10/h3,6-7,9H,1-2,4-5,8H2,(H,13,14,15,16). The lowest BCUT2D eigenvalue weighted by atomic mass is 10.2. The highest BCUT2D eigenvalue weighted by molar-refractivity contribution is 5.90. The number of hydrogen-bond acceptors (Lipinski definition) is 5. The van der Waals surface area contributed by atoms with E-state index in [2.05, 4.69) is 20.6 Å². The van der Waals surface area contributed by atoms with Gasteiger partial charge in [0.2, 0.25) is 0 Å². The molecule has 19 heavy (non-hydrogen) atoms. The number of aromatic amines is 1. The minimum Gasteiger partial charge on any atom is -0.467 e. The molecule has 7 heteroatoms. The molecule has 1 aliphatic carbocycles. The number of nitrogens with one attached hydrogen (secondary N) is 1. The third kappa shape index (κ3) is 2.49. The largest absolute Gasteiger partial charge is 0.467 e. The van der Waals surface area contributed by atoms with Crippen LogP contribution in [0.3, 0.4) is 0 Å². The van der Waals surface area contributed by atoms with Gasteiger partial charge in [0.1, 0.15) is 5.76 Å². The zero-order valence-electron chi connectivity index (χ0n) is 10.5. The molecule has 2 heterocycles. The molecule has 1 aliphatic rings. The Labute approximate surface area is 110 Å². The smallest absolute Gasteiger partial charge is 0.296 e. The van der Waals surface area contributed by atoms with E-state index in [1.54, 1.807) is 11.2 Å². The SMILES string of the molecule is O=C(c1nn[nH]n1)N(Cc1ccco1)C1CCCC1. The van der Waals surface area contributed by atoms with Crippen LogP contribution in [0.15, 0.2) is 22.8 Å². The van der Waals surface area contributed by atoms with Crippen molar-refractivity contribution in [1.82, 2.24) is 25.5 Å². The molecule has 0 saturated heterocycles. The Balaban J connectivity index is 1.81. The van der Waals surface area contributed by atoms with E-state index in [-0.39, 0.29) is 17.8 Å². The molecule has 0 unspecified atom stereocenters. The predicted molar refractivity (Wildman–Crippen MR) is 65.0 cm³/mol. The van der Waals surface area contributed by atoms with E-state index in [0.717, 1.165) is 31.4 Å². The number of rotatable bonds is 4. The summed E-state index contributed by atoms with van der Waals surface area (Å²) in [6.07, 6.45) is 5.95. The number of carbonyl (C=O) groups excluding carboxylic acids is 1. The van der Waals surface area contributed by atoms with Gasteiger partial charge in [0.15, 0.2) is 0 Å². The lowest BCUT2D eigenvalue weighted by Gasteiger charge is -2.26. The summed E-state index contributed by atoms with van der Waals surface area (Å²) in [5, 5.41) is 13.3. The highest BCUT2D eigenvalue weighted by Gasteiger charge is 2.30. The lowest BCUT2D eigenvalue weighted by molar-refractivity contribution is 0.0636. The van der Waals surface area contributed by atoms with Gasteiger partial charge in [-0.2, -0.15) is 5.21 Å². The van der Waals surface area contributed by atoms with Gasteiger partial charge in [-0.15, -0.1) is 10.2 Å². The second kappa shape index (κ2) is 5.21. The van der Waals surface area contributed by atoms with Gasteiger partial charge in [-0.1, -0.05) is 12.8 Å². The molecule has 1 fully saturated rings. The third-order valence-corrected chi connectivity index (χ3v) is 3.47. The first-order chi connectivity index (χ1) is 9.34. The fourth-order valence-electron chi connectivity index (χ4n) is 2.53. The van der Waals surface area contributed by atoms with E-state index in [0.29, 0.717) is 6.54 Å². The summed E-state index contributed by atoms with van der Waals surface area (Å²) < 4.78 is 5.33. The molecule has 0 spiro atoms. The van der Waals surface area contributed by atoms with Gasteiger partial charge in [0.25, 0.3) is 11.7 Å². The average molecular weight is 261 g/mol. The van der Waals surface area contributed by atoms with Crippen LogP contribution in [0.2, 0.25) is 0 Å². The van der Waals surface area contributed by atoms with Crippen molar-refractivity contribution in [2.75, 3.05) is 0 Å². The van der Waals surface area contributed by atoms with Gasteiger partial charge in [0, 0.05) is 6.04 Å². The summed E-state index contributed by atoms with van der Waals surface area (Å²) in [5.74, 6) is 0.680. The Morgan fingerprint density at radius 2 is 2.32 bits per heavy atom. The molecule has 2 aromatic heterocycles. The van der Waals surface area contributed by atoms with Crippen molar-refractivity contribution in [3.63, 3.8) is 0 Å². The zero-order chi connectivity index (χ0) is 13.1. The molecule has 0 aromatic carbocycles. The topological polar surface area (TPSA) is 87.9 Å². The molecule has 2 aromatic rings. The fourth-order valence-corrected chi connectivity index (χ4v) is 2.53. The second-order valence-electron chi connectivity index (χ2n) is 4.69. The van der Waals surface area contributed by atoms with Crippen LogP contribution in [0.5, 0.6) is 0 Å². The summed E-state index contributed by atoms with van der Waals surface area (Å²) in [7, 11) is 0. The minimum atomic E-state index is -0.197. The number of carbonyl (C=O) groups is 1. The van der Waals surface area contributed by atoms with Crippen LogP contribution in [0.1, 0.15) is 42.1 Å². The Morgan fingerprint density at radius 1 is 1.47 bits per heavy atom. The van der Waals surface area contributed by atoms with Crippen molar-refractivity contribution in [2.24, 2.45) is 0 Å². The van der Waals surface area contributed by atoms with Gasteiger partial charge < -0.3 is 9.32 Å². The molecule has 7 nitrogen and oxygen atoms in total. The summed E-state index contributed by atoms with van der Waals surface area (Å²) >= 11 is 0. The Kier molecular flexibility index (Phi) is 3.26. The van der Waals surface area contributed by atoms with E-state index < -0.39 is 0 Å². The second-order valence-corrected chi connectivity index (χ2v) is 4.69. The van der Waals surface area contributed by atoms with Gasteiger partial charge in [0.05, 0.1) is 12.8 Å². The van der Waals surface area contributed by atoms with Crippen LogP contribution in [0.4, 0.5) is 0 Å². The number of nitrogens with zero attached hydrogens (tertiary/aromatic N) is 4. The number of aromatic nitrogens is 4. The van der Waals surface area contributed by atoms with Crippen LogP contribution < -0.4 is 0 Å². The highest BCUT2D eigenvalue weighted by Crippen LogP contribution is 2.26. The maximum atomic E-state index is 12.4. The number of furan rings is 1. The van der Waals surface area contributed by atoms with Crippen molar-refractivity contribution < 1.29 is 9.21 Å². The Morgan fingerprint density at radius 3 is 2.95 bits per heavy atom. The maximum absolute atomic E-state index is 12.4. The van der Waals surface area contributed by atoms with Crippen molar-refractivity contribution in [1.29, 1.82) is 0 Å². The Bertz CT molecular complexity index is 516. The van der Waals surface area contributed by atoms with Crippen molar-refractivity contribution in [3.8, 4) is 0 Å². The fraction of sp³-hybridized carbons (Fsp3) is 0.500. The van der Waals surface area contributed by atoms with Crippen LogP contribution >= 0.6 is 0 Å². The normalized spacial score (nSPS) is 15.8. The first-order valence-corrected chi connectivity index (χ1v) is 6.41. The van der Waals surface area contributed by atoms with E-state index in [1.807, 2.05) is 12.1 Å². The molecule has 0 atom stereocenters. The number of H-pyrrole nitrogens is 1. The summed E-state index contributed by atoms with van der Waals surface area (Å²) in [4.78, 5) is 14.2. The van der Waals surface area contributed by atoms with E-state index in [1.165, 1.54) is 0 Å². The van der Waals surface area contributed by atoms with E-state index >= 15 is 0 Å². The molecule has 0 radical (unpaired) electrons. The molecule has 1 amide bonds. The van der Waals surface area contributed by atoms with Gasteiger partial charge in [-0.3, -0.25) is 4.79 Å². The molecule has 1 saturated carbocycles. The molecular weight excluding hydrogens is 246 g/mol. The first kappa shape index (κ1) is 11.9. The minimum absolute atomic E-state index is 0.110. The highest BCUT2D eigenvalue weighted by atomic mass is 16.3. The van der Waals surface area contributed by atoms with Crippen LogP contribution in [-0.4, -0.2) is 37.5 Å². The van der Waals surface area contributed by atoms with Crippen molar-refractivity contribution in [2.45, 2.75) is 38.3 Å². The number of tetrazole rings is 1. The quantitative estimate of drug-likeness (QED) is 0.898. The number of hydrogen-bond donors (Lipinski definition) is 1. The van der Waals surface area contributed by atoms with Crippen LogP contribution in [0, 0.1) is 0 Å². The first-order valence-electron chi connectivity index (χ1n) is 6.41. The summed E-state index contributed by atoms with van der Waals surface area (Å²) in [6, 6.07) is 3.92. The maximum Gasteiger partial charge on any atom is 0.296 e. The van der Waals surface area contributed by atoms with Gasteiger partial charge in [-0.05, 0) is 30.2 Å². The average Bonchev–Trinajstić information content (AvgIpc) is 3.15. The van der Waals surface area contributed by atoms with Crippen molar-refractivity contribution in [3.05, 3.63) is 30.0 Å². The van der Waals surface area contributed by atoms with Crippen LogP contribution in [0.25, 0.3) is 0 Å². The molecule has 3 rings (SSSR count). The molecule has 0 aliphatic heterocycles. The molecular formula is C12H15N5O2. The zero-order valence-corrected chi connectivity index (χ0v) is 10.5. The van der Waals surface area contributed by atoms with Crippen LogP contribution in [-0.2, 0) is 6.54 Å². The Hall–Kier alpha value is -2.18. The number of amides is 1. The summed E-state index contributed by atoms with van der Waals surface area (Å²) in [6.45, 7) is 0.449. The van der Waals surface area contributed by atoms with Gasteiger partial charge >= 0.3 is 0 Å². The van der Waals surface area contributed by atoms with E-state index in [4.69, 9.17) is 4.42 Å². The third-order valence-electron chi connectivity index (χ3n) is 3.47. The van der Waals surface area contributed by atoms with Crippen molar-refractivity contribution >= 4 is 5.91 Å². The monoisotopic (exact) mass is 261 g/mol. The summed E-state index contributed by atoms with van der Waals surface area (Å²) in [5.41, 5.74) is 0. The predicted octanol–water partition coefficient (Wildman–Crippen LogP) is 1.38. The molecule has 1 N–H and O–H groups in total.